The van der Waals surface area contributed by atoms with Crippen molar-refractivity contribution in [2.24, 2.45) is 22.7 Å². The molecule has 0 aromatic rings. The van der Waals surface area contributed by atoms with E-state index in [9.17, 15) is 4.79 Å². The van der Waals surface area contributed by atoms with Crippen LogP contribution in [-0.4, -0.2) is 12.9 Å². The minimum atomic E-state index is -0.159. The Morgan fingerprint density at radius 1 is 1.38 bits per heavy atom. The van der Waals surface area contributed by atoms with Crippen LogP contribution in [0.2, 0.25) is 0 Å². The maximum absolute atomic E-state index is 12.5. The molecule has 90 valence electrons. The van der Waals surface area contributed by atoms with Crippen molar-refractivity contribution in [3.63, 3.8) is 0 Å². The minimum Gasteiger partial charge on any atom is -0.505 e. The summed E-state index contributed by atoms with van der Waals surface area (Å²) in [5.74, 6) is 1.37. The molecule has 0 aliphatic heterocycles. The molecule has 0 saturated heterocycles. The maximum Gasteiger partial charge on any atom is 0.145 e. The van der Waals surface area contributed by atoms with Gasteiger partial charge in [-0.1, -0.05) is 20.8 Å². The van der Waals surface area contributed by atoms with E-state index in [4.69, 9.17) is 4.74 Å². The van der Waals surface area contributed by atoms with Crippen LogP contribution in [0.1, 0.15) is 40.0 Å². The zero-order valence-corrected chi connectivity index (χ0v) is 10.7. The number of fused-ring (bicyclic) bond motifs is 3. The van der Waals surface area contributed by atoms with Crippen LogP contribution < -0.4 is 0 Å². The van der Waals surface area contributed by atoms with Crippen molar-refractivity contribution in [3.05, 3.63) is 12.3 Å². The predicted molar refractivity (Wildman–Crippen MR) is 63.9 cm³/mol. The smallest absolute Gasteiger partial charge is 0.145 e. The number of allylic oxidation sites excluding steroid dienone is 1. The SMILES string of the molecule is CO/C=C/C1C[C@H]2CC[C@]1(C)C(=O)C2(C)C. The molecule has 3 atom stereocenters. The van der Waals surface area contributed by atoms with Gasteiger partial charge >= 0.3 is 0 Å². The predicted octanol–water partition coefficient (Wildman–Crippen LogP) is 3.18. The Morgan fingerprint density at radius 3 is 2.69 bits per heavy atom. The molecule has 0 aromatic carbocycles. The van der Waals surface area contributed by atoms with E-state index in [1.807, 2.05) is 0 Å². The number of ketones is 1. The summed E-state index contributed by atoms with van der Waals surface area (Å²) in [6, 6.07) is 0. The molecule has 3 fully saturated rings. The zero-order valence-electron chi connectivity index (χ0n) is 10.7. The molecule has 3 aliphatic rings. The summed E-state index contributed by atoms with van der Waals surface area (Å²) in [5, 5.41) is 0. The van der Waals surface area contributed by atoms with Crippen LogP contribution >= 0.6 is 0 Å². The lowest BCUT2D eigenvalue weighted by atomic mass is 9.47. The Labute approximate surface area is 98.1 Å². The lowest BCUT2D eigenvalue weighted by molar-refractivity contribution is -0.157. The zero-order chi connectivity index (χ0) is 12.0. The van der Waals surface area contributed by atoms with Gasteiger partial charge in [0, 0.05) is 10.8 Å². The van der Waals surface area contributed by atoms with Crippen LogP contribution in [0, 0.1) is 22.7 Å². The lowest BCUT2D eigenvalue weighted by Gasteiger charge is -2.55. The third-order valence-corrected chi connectivity index (χ3v) is 4.94. The van der Waals surface area contributed by atoms with Gasteiger partial charge in [0.15, 0.2) is 0 Å². The van der Waals surface area contributed by atoms with Gasteiger partial charge in [-0.05, 0) is 37.2 Å². The number of hydrogen-bond acceptors (Lipinski definition) is 2. The highest BCUT2D eigenvalue weighted by Crippen LogP contribution is 2.58. The van der Waals surface area contributed by atoms with Crippen LogP contribution in [0.15, 0.2) is 12.3 Å². The average molecular weight is 222 g/mol. The minimum absolute atomic E-state index is 0.121. The van der Waals surface area contributed by atoms with E-state index in [-0.39, 0.29) is 10.8 Å². The van der Waals surface area contributed by atoms with E-state index in [1.165, 1.54) is 6.42 Å². The summed E-state index contributed by atoms with van der Waals surface area (Å²) in [5.41, 5.74) is -0.280. The molecule has 0 amide bonds. The number of carbonyl (C=O) groups excluding carboxylic acids is 1. The molecule has 2 nitrogen and oxygen atoms in total. The van der Waals surface area contributed by atoms with Crippen molar-refractivity contribution in [1.29, 1.82) is 0 Å². The molecular formula is C14H22O2. The monoisotopic (exact) mass is 222 g/mol. The van der Waals surface area contributed by atoms with Crippen LogP contribution in [0.25, 0.3) is 0 Å². The van der Waals surface area contributed by atoms with Gasteiger partial charge in [0.25, 0.3) is 0 Å². The first-order valence-corrected chi connectivity index (χ1v) is 6.17. The standard InChI is InChI=1S/C14H22O2/c1-13(2)10-5-7-14(3,12(13)15)11(9-10)6-8-16-4/h6,8,10-11H,5,7,9H2,1-4H3/b8-6+/t10-,11?,14+/m1/s1. The molecule has 0 spiro atoms. The van der Waals surface area contributed by atoms with Crippen molar-refractivity contribution >= 4 is 5.78 Å². The number of rotatable bonds is 2. The second-order valence-corrected chi connectivity index (χ2v) is 6.11. The fourth-order valence-corrected chi connectivity index (χ4v) is 3.67. The molecule has 0 N–H and O–H groups in total. The highest BCUT2D eigenvalue weighted by atomic mass is 16.5. The lowest BCUT2D eigenvalue weighted by Crippen LogP contribution is -2.56. The summed E-state index contributed by atoms with van der Waals surface area (Å²) < 4.78 is 4.99. The molecule has 3 rings (SSSR count). The van der Waals surface area contributed by atoms with Crippen LogP contribution in [0.4, 0.5) is 0 Å². The molecule has 16 heavy (non-hydrogen) atoms. The molecule has 0 radical (unpaired) electrons. The second-order valence-electron chi connectivity index (χ2n) is 6.11. The van der Waals surface area contributed by atoms with E-state index in [2.05, 4.69) is 26.8 Å². The van der Waals surface area contributed by atoms with Crippen molar-refractivity contribution in [3.8, 4) is 0 Å². The maximum atomic E-state index is 12.5. The van der Waals surface area contributed by atoms with Crippen molar-refractivity contribution in [2.75, 3.05) is 7.11 Å². The molecule has 1 unspecified atom stereocenters. The third-order valence-electron chi connectivity index (χ3n) is 4.94. The van der Waals surface area contributed by atoms with E-state index in [0.717, 1.165) is 12.8 Å². The first-order chi connectivity index (χ1) is 7.43. The van der Waals surface area contributed by atoms with Gasteiger partial charge in [-0.15, -0.1) is 0 Å². The summed E-state index contributed by atoms with van der Waals surface area (Å²) in [6.07, 6.45) is 7.19. The third kappa shape index (κ3) is 1.42. The van der Waals surface area contributed by atoms with E-state index < -0.39 is 0 Å². The van der Waals surface area contributed by atoms with Gasteiger partial charge in [-0.2, -0.15) is 0 Å². The first kappa shape index (κ1) is 11.7. The van der Waals surface area contributed by atoms with Crippen LogP contribution in [-0.2, 0) is 9.53 Å². The number of ether oxygens (including phenoxy) is 1. The van der Waals surface area contributed by atoms with Gasteiger partial charge in [0.2, 0.25) is 0 Å². The van der Waals surface area contributed by atoms with Crippen molar-refractivity contribution in [1.82, 2.24) is 0 Å². The van der Waals surface area contributed by atoms with E-state index in [0.29, 0.717) is 17.6 Å². The summed E-state index contributed by atoms with van der Waals surface area (Å²) in [7, 11) is 1.66. The topological polar surface area (TPSA) is 26.3 Å². The molecule has 0 aromatic heterocycles. The fourth-order valence-electron chi connectivity index (χ4n) is 3.67. The molecule has 3 saturated carbocycles. The largest absolute Gasteiger partial charge is 0.505 e. The fraction of sp³-hybridized carbons (Fsp3) is 0.786. The van der Waals surface area contributed by atoms with E-state index >= 15 is 0 Å². The van der Waals surface area contributed by atoms with Gasteiger partial charge in [0.1, 0.15) is 5.78 Å². The summed E-state index contributed by atoms with van der Waals surface area (Å²) in [4.78, 5) is 12.5. The Bertz CT molecular complexity index is 330. The second kappa shape index (κ2) is 3.61. The number of carbonyl (C=O) groups is 1. The highest BCUT2D eigenvalue weighted by Gasteiger charge is 2.58. The van der Waals surface area contributed by atoms with Crippen molar-refractivity contribution in [2.45, 2.75) is 40.0 Å². The molecule has 2 heteroatoms. The Morgan fingerprint density at radius 2 is 2.06 bits per heavy atom. The van der Waals surface area contributed by atoms with Gasteiger partial charge in [-0.3, -0.25) is 4.79 Å². The number of methoxy groups -OCH3 is 1. The number of Topliss-reactive ketones (excluding diaryl/α,β-unsaturated/α-hetero) is 1. The summed E-state index contributed by atoms with van der Waals surface area (Å²) >= 11 is 0. The molecule has 3 aliphatic carbocycles. The molecule has 0 heterocycles. The van der Waals surface area contributed by atoms with Crippen LogP contribution in [0.5, 0.6) is 0 Å². The quantitative estimate of drug-likeness (QED) is 0.671. The highest BCUT2D eigenvalue weighted by molar-refractivity contribution is 5.92. The first-order valence-electron chi connectivity index (χ1n) is 6.17. The van der Waals surface area contributed by atoms with Gasteiger partial charge in [0.05, 0.1) is 13.4 Å². The average Bonchev–Trinajstić information content (AvgIpc) is 2.24. The molecular weight excluding hydrogens is 200 g/mol. The van der Waals surface area contributed by atoms with E-state index in [1.54, 1.807) is 13.4 Å². The Balaban J connectivity index is 2.31. The normalized spacial score (nSPS) is 41.6. The molecule has 2 bridgehead atoms. The number of hydrogen-bond donors (Lipinski definition) is 0. The van der Waals surface area contributed by atoms with Crippen molar-refractivity contribution < 1.29 is 9.53 Å². The Hall–Kier alpha value is -0.790. The Kier molecular flexibility index (Phi) is 2.64. The summed E-state index contributed by atoms with van der Waals surface area (Å²) in [6.45, 7) is 6.37. The van der Waals surface area contributed by atoms with Crippen LogP contribution in [0.3, 0.4) is 0 Å². The van der Waals surface area contributed by atoms with Gasteiger partial charge in [-0.25, -0.2) is 0 Å². The van der Waals surface area contributed by atoms with Gasteiger partial charge < -0.3 is 4.74 Å².